The topological polar surface area (TPSA) is 110 Å². The maximum Gasteiger partial charge on any atom is 0.379 e. The molecule has 0 aliphatic carbocycles. The lowest BCUT2D eigenvalue weighted by Crippen LogP contribution is -2.32. The van der Waals surface area contributed by atoms with Gasteiger partial charge in [0.15, 0.2) is 0 Å². The number of hydrazone groups is 1. The first-order valence-electron chi connectivity index (χ1n) is 8.58. The number of esters is 1. The Morgan fingerprint density at radius 2 is 1.69 bits per heavy atom. The molecule has 0 aliphatic rings. The molecule has 0 atom stereocenters. The Kier molecular flexibility index (Phi) is 6.16. The first-order valence-corrected chi connectivity index (χ1v) is 8.58. The van der Waals surface area contributed by atoms with E-state index < -0.39 is 17.8 Å². The highest BCUT2D eigenvalue weighted by molar-refractivity contribution is 6.39. The molecule has 0 unspecified atom stereocenters. The van der Waals surface area contributed by atoms with Crippen LogP contribution in [0.25, 0.3) is 0 Å². The van der Waals surface area contributed by atoms with Crippen molar-refractivity contribution in [2.75, 3.05) is 5.32 Å². The highest BCUT2D eigenvalue weighted by atomic mass is 16.5. The van der Waals surface area contributed by atoms with E-state index in [-0.39, 0.29) is 5.76 Å². The number of nitrogens with zero attached hydrogens (tertiary/aromatic N) is 1. The predicted molar refractivity (Wildman–Crippen MR) is 106 cm³/mol. The molecule has 8 nitrogen and oxygen atoms in total. The minimum Gasteiger partial charge on any atom is -0.457 e. The van der Waals surface area contributed by atoms with Crippen LogP contribution in [0.4, 0.5) is 5.69 Å². The molecule has 0 aliphatic heterocycles. The van der Waals surface area contributed by atoms with Crippen molar-refractivity contribution in [2.45, 2.75) is 6.92 Å². The smallest absolute Gasteiger partial charge is 0.379 e. The summed E-state index contributed by atoms with van der Waals surface area (Å²) in [4.78, 5) is 35.4. The summed E-state index contributed by atoms with van der Waals surface area (Å²) in [5, 5.41) is 6.22. The summed E-state index contributed by atoms with van der Waals surface area (Å²) in [7, 11) is 0. The Morgan fingerprint density at radius 1 is 0.966 bits per heavy atom. The number of anilines is 1. The van der Waals surface area contributed by atoms with Crippen LogP contribution in [0, 0.1) is 6.92 Å². The second-order valence-corrected chi connectivity index (χ2v) is 5.96. The number of amides is 2. The van der Waals surface area contributed by atoms with Crippen molar-refractivity contribution < 1.29 is 23.5 Å². The SMILES string of the molecule is Cc1ccc(NC(=O)C(=O)N/N=C\c2ccc(OC(=O)c3ccco3)cc2)cc1. The van der Waals surface area contributed by atoms with Crippen molar-refractivity contribution in [2.24, 2.45) is 5.10 Å². The maximum absolute atomic E-state index is 11.8. The van der Waals surface area contributed by atoms with Gasteiger partial charge in [-0.05, 0) is 61.0 Å². The van der Waals surface area contributed by atoms with Gasteiger partial charge in [-0.15, -0.1) is 0 Å². The summed E-state index contributed by atoms with van der Waals surface area (Å²) in [5.74, 6) is -1.91. The van der Waals surface area contributed by atoms with Crippen molar-refractivity contribution in [1.82, 2.24) is 5.43 Å². The Labute approximate surface area is 166 Å². The molecule has 8 heteroatoms. The molecule has 2 aromatic carbocycles. The Bertz CT molecular complexity index is 1020. The van der Waals surface area contributed by atoms with Gasteiger partial charge in [0, 0.05) is 5.69 Å². The van der Waals surface area contributed by atoms with Crippen molar-refractivity contribution >= 4 is 29.7 Å². The third-order valence-electron chi connectivity index (χ3n) is 3.71. The van der Waals surface area contributed by atoms with Crippen LogP contribution in [0.3, 0.4) is 0 Å². The average Bonchev–Trinajstić information content (AvgIpc) is 3.26. The van der Waals surface area contributed by atoms with Gasteiger partial charge >= 0.3 is 17.8 Å². The molecule has 0 radical (unpaired) electrons. The molecule has 29 heavy (non-hydrogen) atoms. The van der Waals surface area contributed by atoms with E-state index in [0.717, 1.165) is 5.56 Å². The number of furan rings is 1. The average molecular weight is 391 g/mol. The van der Waals surface area contributed by atoms with Gasteiger partial charge in [-0.1, -0.05) is 17.7 Å². The van der Waals surface area contributed by atoms with Gasteiger partial charge in [0.1, 0.15) is 5.75 Å². The minimum atomic E-state index is -0.897. The summed E-state index contributed by atoms with van der Waals surface area (Å²) in [6.07, 6.45) is 2.74. The van der Waals surface area contributed by atoms with Gasteiger partial charge < -0.3 is 14.5 Å². The number of aryl methyl sites for hydroxylation is 1. The number of hydrogen-bond donors (Lipinski definition) is 2. The number of carbonyl (C=O) groups is 3. The number of hydrogen-bond acceptors (Lipinski definition) is 6. The Hall–Kier alpha value is -4.20. The van der Waals surface area contributed by atoms with E-state index in [1.807, 2.05) is 19.1 Å². The standard InChI is InChI=1S/C21H17N3O5/c1-14-4-8-16(9-5-14)23-19(25)20(26)24-22-13-15-6-10-17(11-7-15)29-21(27)18-3-2-12-28-18/h2-13H,1H3,(H,23,25)(H,24,26)/b22-13-. The van der Waals surface area contributed by atoms with E-state index in [0.29, 0.717) is 17.0 Å². The molecule has 0 saturated heterocycles. The third-order valence-corrected chi connectivity index (χ3v) is 3.71. The molecule has 1 heterocycles. The quantitative estimate of drug-likeness (QED) is 0.228. The number of carbonyl (C=O) groups excluding carboxylic acids is 3. The van der Waals surface area contributed by atoms with E-state index in [1.54, 1.807) is 42.5 Å². The van der Waals surface area contributed by atoms with Crippen LogP contribution in [0.15, 0.2) is 76.4 Å². The lowest BCUT2D eigenvalue weighted by atomic mass is 10.2. The van der Waals surface area contributed by atoms with Gasteiger partial charge in [-0.25, -0.2) is 10.2 Å². The van der Waals surface area contributed by atoms with Crippen molar-refractivity contribution in [3.05, 3.63) is 83.8 Å². The van der Waals surface area contributed by atoms with Crippen LogP contribution in [-0.2, 0) is 9.59 Å². The maximum atomic E-state index is 11.8. The van der Waals surface area contributed by atoms with Crippen molar-refractivity contribution in [1.29, 1.82) is 0 Å². The van der Waals surface area contributed by atoms with E-state index in [9.17, 15) is 14.4 Å². The zero-order valence-corrected chi connectivity index (χ0v) is 15.4. The summed E-state index contributed by atoms with van der Waals surface area (Å²) in [6.45, 7) is 1.92. The fraction of sp³-hybridized carbons (Fsp3) is 0.0476. The van der Waals surface area contributed by atoms with Crippen LogP contribution < -0.4 is 15.5 Å². The number of ether oxygens (including phenoxy) is 1. The fourth-order valence-corrected chi connectivity index (χ4v) is 2.21. The van der Waals surface area contributed by atoms with E-state index >= 15 is 0 Å². The summed E-state index contributed by atoms with van der Waals surface area (Å²) in [6, 6.07) is 16.5. The zero-order chi connectivity index (χ0) is 20.6. The summed E-state index contributed by atoms with van der Waals surface area (Å²) in [5.41, 5.74) is 4.33. The van der Waals surface area contributed by atoms with Gasteiger partial charge in [-0.3, -0.25) is 9.59 Å². The van der Waals surface area contributed by atoms with E-state index in [2.05, 4.69) is 15.8 Å². The number of rotatable bonds is 5. The van der Waals surface area contributed by atoms with E-state index in [1.165, 1.54) is 18.5 Å². The Morgan fingerprint density at radius 3 is 2.34 bits per heavy atom. The number of benzene rings is 2. The van der Waals surface area contributed by atoms with Crippen molar-refractivity contribution in [3.63, 3.8) is 0 Å². The zero-order valence-electron chi connectivity index (χ0n) is 15.4. The molecular formula is C21H17N3O5. The first-order chi connectivity index (χ1) is 14.0. The van der Waals surface area contributed by atoms with Gasteiger partial charge in [-0.2, -0.15) is 5.10 Å². The minimum absolute atomic E-state index is 0.0993. The lowest BCUT2D eigenvalue weighted by molar-refractivity contribution is -0.136. The summed E-state index contributed by atoms with van der Waals surface area (Å²) >= 11 is 0. The molecule has 0 bridgehead atoms. The number of nitrogens with one attached hydrogen (secondary N) is 2. The van der Waals surface area contributed by atoms with Gasteiger partial charge in [0.25, 0.3) is 0 Å². The Balaban J connectivity index is 1.49. The van der Waals surface area contributed by atoms with Crippen molar-refractivity contribution in [3.8, 4) is 5.75 Å². The molecule has 0 spiro atoms. The van der Waals surface area contributed by atoms with Crippen LogP contribution in [-0.4, -0.2) is 24.0 Å². The monoisotopic (exact) mass is 391 g/mol. The molecule has 0 saturated carbocycles. The molecule has 1 aromatic heterocycles. The fourth-order valence-electron chi connectivity index (χ4n) is 2.21. The molecule has 0 fully saturated rings. The predicted octanol–water partition coefficient (Wildman–Crippen LogP) is 2.90. The van der Waals surface area contributed by atoms with Crippen LogP contribution in [0.2, 0.25) is 0 Å². The third kappa shape index (κ3) is 5.64. The van der Waals surface area contributed by atoms with Crippen LogP contribution >= 0.6 is 0 Å². The normalized spacial score (nSPS) is 10.5. The van der Waals surface area contributed by atoms with Crippen LogP contribution in [0.5, 0.6) is 5.75 Å². The highest BCUT2D eigenvalue weighted by Gasteiger charge is 2.13. The van der Waals surface area contributed by atoms with Crippen LogP contribution in [0.1, 0.15) is 21.7 Å². The molecule has 3 rings (SSSR count). The van der Waals surface area contributed by atoms with Gasteiger partial charge in [0.05, 0.1) is 12.5 Å². The highest BCUT2D eigenvalue weighted by Crippen LogP contribution is 2.14. The molecule has 3 aromatic rings. The summed E-state index contributed by atoms with van der Waals surface area (Å²) < 4.78 is 10.1. The lowest BCUT2D eigenvalue weighted by Gasteiger charge is -2.04. The molecule has 2 N–H and O–H groups in total. The second-order valence-electron chi connectivity index (χ2n) is 5.96. The molecular weight excluding hydrogens is 374 g/mol. The largest absolute Gasteiger partial charge is 0.457 e. The first kappa shape index (κ1) is 19.6. The molecule has 2 amide bonds. The van der Waals surface area contributed by atoms with E-state index in [4.69, 9.17) is 9.15 Å². The van der Waals surface area contributed by atoms with Gasteiger partial charge in [0.2, 0.25) is 5.76 Å². The molecule has 146 valence electrons. The second kappa shape index (κ2) is 9.14.